The van der Waals surface area contributed by atoms with Crippen molar-refractivity contribution in [3.05, 3.63) is 24.0 Å². The van der Waals surface area contributed by atoms with Crippen molar-refractivity contribution in [3.63, 3.8) is 0 Å². The number of aliphatic hydroxyl groups excluding tert-OH is 1. The molecule has 0 aromatic carbocycles. The van der Waals surface area contributed by atoms with Gasteiger partial charge in [0.1, 0.15) is 6.07 Å². The van der Waals surface area contributed by atoms with E-state index in [1.54, 1.807) is 6.20 Å². The molecule has 17 heavy (non-hydrogen) atoms. The van der Waals surface area contributed by atoms with E-state index in [-0.39, 0.29) is 6.10 Å². The van der Waals surface area contributed by atoms with Crippen LogP contribution in [-0.4, -0.2) is 29.3 Å². The number of nitriles is 1. The zero-order chi connectivity index (χ0) is 12.3. The Balaban J connectivity index is 2.08. The minimum atomic E-state index is -0.235. The van der Waals surface area contributed by atoms with Crippen LogP contribution in [0.25, 0.3) is 0 Å². The van der Waals surface area contributed by atoms with E-state index in [2.05, 4.69) is 16.0 Å². The average Bonchev–Trinajstić information content (AvgIpc) is 2.39. The van der Waals surface area contributed by atoms with E-state index in [1.807, 2.05) is 19.1 Å². The number of aromatic nitrogens is 1. The van der Waals surface area contributed by atoms with Gasteiger partial charge in [0.15, 0.2) is 5.69 Å². The second-order valence-corrected chi connectivity index (χ2v) is 4.55. The lowest BCUT2D eigenvalue weighted by Crippen LogP contribution is -2.37. The Hall–Kier alpha value is -1.60. The Morgan fingerprint density at radius 2 is 2.24 bits per heavy atom. The van der Waals surface area contributed by atoms with Crippen LogP contribution in [0.1, 0.15) is 25.5 Å². The first kappa shape index (κ1) is 11.9. The van der Waals surface area contributed by atoms with Crippen LogP contribution in [-0.2, 0) is 0 Å². The molecule has 1 aliphatic heterocycles. The summed E-state index contributed by atoms with van der Waals surface area (Å²) in [5.74, 6) is 0.383. The lowest BCUT2D eigenvalue weighted by atomic mass is 9.92. The first-order valence-electron chi connectivity index (χ1n) is 6.00. The molecule has 1 atom stereocenters. The lowest BCUT2D eigenvalue weighted by molar-refractivity contribution is 0.110. The van der Waals surface area contributed by atoms with E-state index >= 15 is 0 Å². The maximum atomic E-state index is 9.55. The molecule has 2 heterocycles. The van der Waals surface area contributed by atoms with E-state index < -0.39 is 0 Å². The van der Waals surface area contributed by atoms with Gasteiger partial charge in [0, 0.05) is 19.3 Å². The van der Waals surface area contributed by atoms with E-state index in [1.165, 1.54) is 0 Å². The smallest absolute Gasteiger partial charge is 0.163 e. The maximum Gasteiger partial charge on any atom is 0.163 e. The highest BCUT2D eigenvalue weighted by molar-refractivity contribution is 5.55. The van der Waals surface area contributed by atoms with Crippen LogP contribution >= 0.6 is 0 Å². The molecule has 0 amide bonds. The van der Waals surface area contributed by atoms with E-state index in [0.717, 1.165) is 31.6 Å². The van der Waals surface area contributed by atoms with Crippen LogP contribution in [0.5, 0.6) is 0 Å². The predicted octanol–water partition coefficient (Wildman–Crippen LogP) is 1.55. The van der Waals surface area contributed by atoms with Gasteiger partial charge >= 0.3 is 0 Å². The molecule has 1 fully saturated rings. The molecule has 90 valence electrons. The van der Waals surface area contributed by atoms with E-state index in [4.69, 9.17) is 5.26 Å². The van der Waals surface area contributed by atoms with Gasteiger partial charge in [-0.2, -0.15) is 5.26 Å². The fourth-order valence-electron chi connectivity index (χ4n) is 2.36. The summed E-state index contributed by atoms with van der Waals surface area (Å²) in [6.45, 7) is 3.62. The molecule has 4 nitrogen and oxygen atoms in total. The number of anilines is 1. The molecule has 2 rings (SSSR count). The van der Waals surface area contributed by atoms with Crippen molar-refractivity contribution in [2.24, 2.45) is 5.92 Å². The Kier molecular flexibility index (Phi) is 3.60. The molecule has 1 unspecified atom stereocenters. The minimum Gasteiger partial charge on any atom is -0.393 e. The van der Waals surface area contributed by atoms with Gasteiger partial charge in [-0.3, -0.25) is 0 Å². The summed E-state index contributed by atoms with van der Waals surface area (Å²) in [6.07, 6.45) is 3.35. The van der Waals surface area contributed by atoms with Crippen LogP contribution in [0.15, 0.2) is 18.3 Å². The average molecular weight is 231 g/mol. The maximum absolute atomic E-state index is 9.55. The number of nitrogens with zero attached hydrogens (tertiary/aromatic N) is 3. The number of rotatable bonds is 2. The zero-order valence-electron chi connectivity index (χ0n) is 10.0. The summed E-state index contributed by atoms with van der Waals surface area (Å²) in [5.41, 5.74) is 1.40. The largest absolute Gasteiger partial charge is 0.393 e. The van der Waals surface area contributed by atoms with Gasteiger partial charge < -0.3 is 10.0 Å². The molecule has 0 aliphatic carbocycles. The molecule has 0 saturated carbocycles. The second-order valence-electron chi connectivity index (χ2n) is 4.55. The predicted molar refractivity (Wildman–Crippen MR) is 65.6 cm³/mol. The van der Waals surface area contributed by atoms with Crippen LogP contribution in [0.3, 0.4) is 0 Å². The quantitative estimate of drug-likeness (QED) is 0.839. The van der Waals surface area contributed by atoms with Gasteiger partial charge in [0.05, 0.1) is 11.8 Å². The minimum absolute atomic E-state index is 0.235. The summed E-state index contributed by atoms with van der Waals surface area (Å²) in [4.78, 5) is 6.26. The zero-order valence-corrected chi connectivity index (χ0v) is 10.0. The summed E-state index contributed by atoms with van der Waals surface area (Å²) in [7, 11) is 0. The molecule has 1 saturated heterocycles. The first-order chi connectivity index (χ1) is 8.22. The molecule has 0 spiro atoms. The number of aliphatic hydroxyl groups is 1. The van der Waals surface area contributed by atoms with Crippen molar-refractivity contribution >= 4 is 5.69 Å². The van der Waals surface area contributed by atoms with Crippen molar-refractivity contribution in [3.8, 4) is 6.07 Å². The van der Waals surface area contributed by atoms with Gasteiger partial charge in [-0.25, -0.2) is 4.98 Å². The Morgan fingerprint density at radius 1 is 1.53 bits per heavy atom. The third-order valence-corrected chi connectivity index (χ3v) is 3.45. The van der Waals surface area contributed by atoms with Crippen molar-refractivity contribution in [2.75, 3.05) is 18.0 Å². The third-order valence-electron chi connectivity index (χ3n) is 3.45. The summed E-state index contributed by atoms with van der Waals surface area (Å²) < 4.78 is 0. The Morgan fingerprint density at radius 3 is 2.82 bits per heavy atom. The van der Waals surface area contributed by atoms with Crippen molar-refractivity contribution in [1.82, 2.24) is 4.98 Å². The molecule has 4 heteroatoms. The van der Waals surface area contributed by atoms with Gasteiger partial charge in [-0.05, 0) is 37.8 Å². The molecule has 1 N–H and O–H groups in total. The Bertz CT molecular complexity index is 417. The van der Waals surface area contributed by atoms with E-state index in [9.17, 15) is 5.11 Å². The van der Waals surface area contributed by atoms with E-state index in [0.29, 0.717) is 11.6 Å². The number of piperidine rings is 1. The topological polar surface area (TPSA) is 60.1 Å². The number of hydrogen-bond acceptors (Lipinski definition) is 4. The molecule has 0 radical (unpaired) electrons. The standard InChI is InChI=1S/C13H17N3O/c1-10(17)11-4-7-16(8-5-11)13-3-2-6-15-12(13)9-14/h2-3,6,10-11,17H,4-5,7-8H2,1H3. The van der Waals surface area contributed by atoms with Gasteiger partial charge in [0.25, 0.3) is 0 Å². The van der Waals surface area contributed by atoms with Gasteiger partial charge in [-0.15, -0.1) is 0 Å². The molecular weight excluding hydrogens is 214 g/mol. The van der Waals surface area contributed by atoms with Gasteiger partial charge in [0.2, 0.25) is 0 Å². The second kappa shape index (κ2) is 5.15. The molecule has 1 aliphatic rings. The van der Waals surface area contributed by atoms with Crippen molar-refractivity contribution in [2.45, 2.75) is 25.9 Å². The lowest BCUT2D eigenvalue weighted by Gasteiger charge is -2.34. The van der Waals surface area contributed by atoms with Crippen molar-refractivity contribution < 1.29 is 5.11 Å². The highest BCUT2D eigenvalue weighted by Gasteiger charge is 2.23. The normalized spacial score (nSPS) is 18.8. The molecular formula is C13H17N3O. The summed E-state index contributed by atoms with van der Waals surface area (Å²) in [6, 6.07) is 5.92. The van der Waals surface area contributed by atoms with Gasteiger partial charge in [-0.1, -0.05) is 0 Å². The molecule has 1 aromatic heterocycles. The van der Waals surface area contributed by atoms with Crippen LogP contribution < -0.4 is 4.90 Å². The SMILES string of the molecule is CC(O)C1CCN(c2cccnc2C#N)CC1. The third kappa shape index (κ3) is 2.56. The molecule has 0 bridgehead atoms. The molecule has 1 aromatic rings. The monoisotopic (exact) mass is 231 g/mol. The number of hydrogen-bond donors (Lipinski definition) is 1. The Labute approximate surface area is 102 Å². The fourth-order valence-corrected chi connectivity index (χ4v) is 2.36. The van der Waals surface area contributed by atoms with Crippen molar-refractivity contribution in [1.29, 1.82) is 5.26 Å². The fraction of sp³-hybridized carbons (Fsp3) is 0.538. The number of pyridine rings is 1. The van der Waals surface area contributed by atoms with Crippen LogP contribution in [0.2, 0.25) is 0 Å². The summed E-state index contributed by atoms with van der Waals surface area (Å²) in [5, 5.41) is 18.6. The highest BCUT2D eigenvalue weighted by atomic mass is 16.3. The highest BCUT2D eigenvalue weighted by Crippen LogP contribution is 2.26. The first-order valence-corrected chi connectivity index (χ1v) is 6.00. The van der Waals surface area contributed by atoms with Crippen LogP contribution in [0.4, 0.5) is 5.69 Å². The summed E-state index contributed by atoms with van der Waals surface area (Å²) >= 11 is 0. The van der Waals surface area contributed by atoms with Crippen LogP contribution in [0, 0.1) is 17.2 Å².